The van der Waals surface area contributed by atoms with Crippen LogP contribution in [-0.2, 0) is 6.54 Å². The van der Waals surface area contributed by atoms with E-state index in [2.05, 4.69) is 36.1 Å². The summed E-state index contributed by atoms with van der Waals surface area (Å²) in [7, 11) is 0. The second-order valence-electron chi connectivity index (χ2n) is 4.37. The fraction of sp³-hybridized carbons (Fsp3) is 0.538. The number of hydrogen-bond acceptors (Lipinski definition) is 3. The molecule has 0 saturated heterocycles. The van der Waals surface area contributed by atoms with Crippen LogP contribution >= 0.6 is 0 Å². The van der Waals surface area contributed by atoms with Gasteiger partial charge in [-0.05, 0) is 17.5 Å². The monoisotopic (exact) mass is 220 g/mol. The van der Waals surface area contributed by atoms with Crippen LogP contribution in [-0.4, -0.2) is 29.2 Å². The van der Waals surface area contributed by atoms with E-state index in [9.17, 15) is 5.11 Å². The summed E-state index contributed by atoms with van der Waals surface area (Å²) in [5.74, 6) is 0. The normalized spacial score (nSPS) is 22.1. The average molecular weight is 220 g/mol. The Morgan fingerprint density at radius 3 is 2.88 bits per heavy atom. The molecule has 0 fully saturated rings. The predicted octanol–water partition coefficient (Wildman–Crippen LogP) is 1.27. The SMILES string of the molecule is CCC(CO)N1Cc2ccccc2C1CN. The van der Waals surface area contributed by atoms with Gasteiger partial charge in [-0.3, -0.25) is 4.90 Å². The van der Waals surface area contributed by atoms with Crippen LogP contribution in [0.25, 0.3) is 0 Å². The van der Waals surface area contributed by atoms with Crippen LogP contribution in [0.2, 0.25) is 0 Å². The maximum Gasteiger partial charge on any atom is 0.0587 e. The molecule has 1 aromatic rings. The van der Waals surface area contributed by atoms with E-state index in [-0.39, 0.29) is 18.7 Å². The molecule has 1 aromatic carbocycles. The van der Waals surface area contributed by atoms with Crippen molar-refractivity contribution in [2.45, 2.75) is 32.0 Å². The maximum absolute atomic E-state index is 9.40. The predicted molar refractivity (Wildman–Crippen MR) is 64.9 cm³/mol. The molecular weight excluding hydrogens is 200 g/mol. The van der Waals surface area contributed by atoms with Gasteiger partial charge in [0.15, 0.2) is 0 Å². The Morgan fingerprint density at radius 1 is 1.50 bits per heavy atom. The van der Waals surface area contributed by atoms with Crippen LogP contribution in [0, 0.1) is 0 Å². The molecule has 88 valence electrons. The van der Waals surface area contributed by atoms with Crippen molar-refractivity contribution in [2.24, 2.45) is 5.73 Å². The minimum atomic E-state index is 0.209. The van der Waals surface area contributed by atoms with Crippen molar-refractivity contribution in [3.63, 3.8) is 0 Å². The van der Waals surface area contributed by atoms with E-state index in [1.54, 1.807) is 0 Å². The molecule has 1 heterocycles. The minimum absolute atomic E-state index is 0.209. The number of hydrogen-bond donors (Lipinski definition) is 2. The third-order valence-corrected chi connectivity index (χ3v) is 3.54. The Balaban J connectivity index is 2.26. The molecule has 16 heavy (non-hydrogen) atoms. The Kier molecular flexibility index (Phi) is 3.59. The van der Waals surface area contributed by atoms with Crippen molar-refractivity contribution in [3.8, 4) is 0 Å². The van der Waals surface area contributed by atoms with Crippen LogP contribution in [0.4, 0.5) is 0 Å². The lowest BCUT2D eigenvalue weighted by molar-refractivity contribution is 0.0895. The molecule has 0 bridgehead atoms. The molecule has 3 nitrogen and oxygen atoms in total. The van der Waals surface area contributed by atoms with Crippen molar-refractivity contribution in [1.29, 1.82) is 0 Å². The molecule has 3 N–H and O–H groups in total. The average Bonchev–Trinajstić information content (AvgIpc) is 2.69. The van der Waals surface area contributed by atoms with E-state index < -0.39 is 0 Å². The highest BCUT2D eigenvalue weighted by molar-refractivity contribution is 5.34. The molecule has 1 aliphatic heterocycles. The van der Waals surface area contributed by atoms with Gasteiger partial charge in [0.1, 0.15) is 0 Å². The van der Waals surface area contributed by atoms with E-state index in [1.165, 1.54) is 11.1 Å². The van der Waals surface area contributed by atoms with Gasteiger partial charge in [0, 0.05) is 25.2 Å². The number of benzene rings is 1. The van der Waals surface area contributed by atoms with E-state index in [4.69, 9.17) is 5.73 Å². The Labute approximate surface area is 96.9 Å². The molecule has 0 aromatic heterocycles. The number of aliphatic hydroxyl groups is 1. The van der Waals surface area contributed by atoms with Crippen LogP contribution in [0.1, 0.15) is 30.5 Å². The Morgan fingerprint density at radius 2 is 2.25 bits per heavy atom. The molecule has 3 heteroatoms. The van der Waals surface area contributed by atoms with Crippen LogP contribution in [0.15, 0.2) is 24.3 Å². The smallest absolute Gasteiger partial charge is 0.0587 e. The van der Waals surface area contributed by atoms with Gasteiger partial charge in [0.2, 0.25) is 0 Å². The van der Waals surface area contributed by atoms with Gasteiger partial charge in [-0.2, -0.15) is 0 Å². The highest BCUT2D eigenvalue weighted by atomic mass is 16.3. The lowest BCUT2D eigenvalue weighted by atomic mass is 10.0. The van der Waals surface area contributed by atoms with E-state index in [1.807, 2.05) is 0 Å². The zero-order valence-electron chi connectivity index (χ0n) is 9.76. The molecule has 0 aliphatic carbocycles. The van der Waals surface area contributed by atoms with Crippen molar-refractivity contribution in [3.05, 3.63) is 35.4 Å². The van der Waals surface area contributed by atoms with Crippen LogP contribution in [0.5, 0.6) is 0 Å². The highest BCUT2D eigenvalue weighted by Gasteiger charge is 2.32. The number of fused-ring (bicyclic) bond motifs is 1. The Bertz CT molecular complexity index is 350. The molecule has 2 rings (SSSR count). The first-order chi connectivity index (χ1) is 7.81. The molecule has 0 saturated carbocycles. The van der Waals surface area contributed by atoms with Crippen LogP contribution in [0.3, 0.4) is 0 Å². The lowest BCUT2D eigenvalue weighted by Gasteiger charge is -2.30. The zero-order valence-corrected chi connectivity index (χ0v) is 9.76. The van der Waals surface area contributed by atoms with E-state index >= 15 is 0 Å². The summed E-state index contributed by atoms with van der Waals surface area (Å²) in [5, 5.41) is 9.40. The molecule has 0 spiro atoms. The van der Waals surface area contributed by atoms with Gasteiger partial charge in [0.25, 0.3) is 0 Å². The number of rotatable bonds is 4. The lowest BCUT2D eigenvalue weighted by Crippen LogP contribution is -2.38. The van der Waals surface area contributed by atoms with Gasteiger partial charge < -0.3 is 10.8 Å². The summed E-state index contributed by atoms with van der Waals surface area (Å²) in [4.78, 5) is 2.32. The second kappa shape index (κ2) is 4.95. The number of aliphatic hydroxyl groups excluding tert-OH is 1. The van der Waals surface area contributed by atoms with Gasteiger partial charge >= 0.3 is 0 Å². The first-order valence-electron chi connectivity index (χ1n) is 5.96. The van der Waals surface area contributed by atoms with E-state index in [0.717, 1.165) is 13.0 Å². The molecule has 2 atom stereocenters. The third kappa shape index (κ3) is 1.86. The molecule has 2 unspecified atom stereocenters. The quantitative estimate of drug-likeness (QED) is 0.803. The summed E-state index contributed by atoms with van der Waals surface area (Å²) in [6, 6.07) is 8.92. The summed E-state index contributed by atoms with van der Waals surface area (Å²) in [6.07, 6.45) is 0.959. The number of nitrogens with zero attached hydrogens (tertiary/aromatic N) is 1. The Hall–Kier alpha value is -0.900. The van der Waals surface area contributed by atoms with Crippen molar-refractivity contribution in [1.82, 2.24) is 4.90 Å². The van der Waals surface area contributed by atoms with Gasteiger partial charge in [-0.1, -0.05) is 31.2 Å². The largest absolute Gasteiger partial charge is 0.395 e. The first kappa shape index (κ1) is 11.6. The fourth-order valence-electron chi connectivity index (χ4n) is 2.60. The maximum atomic E-state index is 9.40. The molecule has 0 radical (unpaired) electrons. The molecule has 1 aliphatic rings. The van der Waals surface area contributed by atoms with Crippen molar-refractivity contribution >= 4 is 0 Å². The van der Waals surface area contributed by atoms with Crippen molar-refractivity contribution in [2.75, 3.05) is 13.2 Å². The zero-order chi connectivity index (χ0) is 11.5. The summed E-state index contributed by atoms with van der Waals surface area (Å²) in [6.45, 7) is 3.85. The fourth-order valence-corrected chi connectivity index (χ4v) is 2.60. The highest BCUT2D eigenvalue weighted by Crippen LogP contribution is 2.34. The number of nitrogens with two attached hydrogens (primary N) is 1. The van der Waals surface area contributed by atoms with Crippen molar-refractivity contribution < 1.29 is 5.11 Å². The van der Waals surface area contributed by atoms with Crippen LogP contribution < -0.4 is 5.73 Å². The first-order valence-corrected chi connectivity index (χ1v) is 5.96. The van der Waals surface area contributed by atoms with Gasteiger partial charge in [-0.25, -0.2) is 0 Å². The summed E-state index contributed by atoms with van der Waals surface area (Å²) >= 11 is 0. The topological polar surface area (TPSA) is 49.5 Å². The standard InChI is InChI=1S/C13H20N2O/c1-2-11(9-16)15-8-10-5-3-4-6-12(10)13(15)7-14/h3-6,11,13,16H,2,7-9,14H2,1H3. The van der Waals surface area contributed by atoms with Gasteiger partial charge in [0.05, 0.1) is 6.61 Å². The molecule has 0 amide bonds. The second-order valence-corrected chi connectivity index (χ2v) is 4.37. The molecular formula is C13H20N2O. The summed E-state index contributed by atoms with van der Waals surface area (Å²) in [5.41, 5.74) is 8.55. The van der Waals surface area contributed by atoms with Gasteiger partial charge in [-0.15, -0.1) is 0 Å². The summed E-state index contributed by atoms with van der Waals surface area (Å²) < 4.78 is 0. The third-order valence-electron chi connectivity index (χ3n) is 3.54. The minimum Gasteiger partial charge on any atom is -0.395 e. The van der Waals surface area contributed by atoms with E-state index in [0.29, 0.717) is 6.54 Å².